The number of carbonyl (C=O) groups excluding carboxylic acids is 2. The minimum absolute atomic E-state index is 0.392. The van der Waals surface area contributed by atoms with Crippen molar-refractivity contribution >= 4 is 34.4 Å². The normalized spacial score (nSPS) is 12.5. The summed E-state index contributed by atoms with van der Waals surface area (Å²) in [4.78, 5) is 24.3. The number of benzene rings is 3. The molecule has 7 heteroatoms. The summed E-state index contributed by atoms with van der Waals surface area (Å²) < 4.78 is 21.5. The van der Waals surface area contributed by atoms with Crippen molar-refractivity contribution in [2.45, 2.75) is 0 Å². The zero-order chi connectivity index (χ0) is 21.6. The highest BCUT2D eigenvalue weighted by Gasteiger charge is 2.18. The third kappa shape index (κ3) is 4.78. The van der Waals surface area contributed by atoms with Gasteiger partial charge in [-0.05, 0) is 35.2 Å². The molecule has 0 aromatic heterocycles. The number of nitrogens with one attached hydrogen (secondary N) is 1. The van der Waals surface area contributed by atoms with E-state index in [1.165, 1.54) is 13.2 Å². The monoisotopic (exact) mass is 419 g/mol. The lowest BCUT2D eigenvalue weighted by atomic mass is 10.1. The van der Waals surface area contributed by atoms with E-state index in [0.29, 0.717) is 41.7 Å². The summed E-state index contributed by atoms with van der Waals surface area (Å²) in [6.45, 7) is 0.500. The Morgan fingerprint density at radius 1 is 1.06 bits per heavy atom. The van der Waals surface area contributed by atoms with Gasteiger partial charge in [-0.25, -0.2) is 4.79 Å². The molecule has 0 atom stereocenters. The molecule has 1 amide bonds. The zero-order valence-corrected chi connectivity index (χ0v) is 16.9. The molecule has 0 unspecified atom stereocenters. The smallest absolute Gasteiger partial charge is 0.331 e. The Bertz CT molecular complexity index is 1130. The first-order valence-corrected chi connectivity index (χ1v) is 9.74. The number of hydrogen-bond acceptors (Lipinski definition) is 6. The molecule has 3 aromatic rings. The lowest BCUT2D eigenvalue weighted by Crippen LogP contribution is -2.20. The fourth-order valence-electron chi connectivity index (χ4n) is 3.26. The van der Waals surface area contributed by atoms with Gasteiger partial charge in [-0.15, -0.1) is 0 Å². The lowest BCUT2D eigenvalue weighted by Gasteiger charge is -2.20. The predicted molar refractivity (Wildman–Crippen MR) is 117 cm³/mol. The quantitative estimate of drug-likeness (QED) is 0.483. The largest absolute Gasteiger partial charge is 0.493 e. The molecule has 0 saturated heterocycles. The van der Waals surface area contributed by atoms with Gasteiger partial charge >= 0.3 is 5.97 Å². The number of hydrogen-bond donors (Lipinski definition) is 1. The van der Waals surface area contributed by atoms with Crippen LogP contribution in [0.1, 0.15) is 5.56 Å². The highest BCUT2D eigenvalue weighted by atomic mass is 16.6. The second kappa shape index (κ2) is 9.21. The summed E-state index contributed by atoms with van der Waals surface area (Å²) in [5.74, 6) is 0.548. The molecule has 0 radical (unpaired) electrons. The van der Waals surface area contributed by atoms with Crippen LogP contribution in [0.3, 0.4) is 0 Å². The molecule has 4 rings (SSSR count). The highest BCUT2D eigenvalue weighted by molar-refractivity contribution is 6.03. The van der Waals surface area contributed by atoms with Crippen molar-refractivity contribution < 1.29 is 28.5 Å². The number of rotatable bonds is 6. The number of amides is 1. The Morgan fingerprint density at radius 3 is 2.74 bits per heavy atom. The van der Waals surface area contributed by atoms with Gasteiger partial charge in [-0.2, -0.15) is 0 Å². The van der Waals surface area contributed by atoms with Crippen molar-refractivity contribution in [2.24, 2.45) is 0 Å². The Balaban J connectivity index is 1.36. The maximum absolute atomic E-state index is 12.2. The number of anilines is 1. The fraction of sp³-hybridized carbons (Fsp3) is 0.167. The fourth-order valence-corrected chi connectivity index (χ4v) is 3.26. The standard InChI is InChI=1S/C24H21NO6/c1-28-20-13-16(14-21-24(20)30-12-11-29-21)9-10-23(27)31-15-22(26)25-19-8-4-6-17-5-2-3-7-18(17)19/h2-10,13-14H,11-12,15H2,1H3,(H,25,26)/b10-9+. The van der Waals surface area contributed by atoms with E-state index in [1.807, 2.05) is 36.4 Å². The predicted octanol–water partition coefficient (Wildman–Crippen LogP) is 3.81. The summed E-state index contributed by atoms with van der Waals surface area (Å²) in [5, 5.41) is 4.70. The van der Waals surface area contributed by atoms with Gasteiger partial charge < -0.3 is 24.3 Å². The number of esters is 1. The topological polar surface area (TPSA) is 83.1 Å². The molecule has 1 heterocycles. The number of ether oxygens (including phenoxy) is 4. The summed E-state index contributed by atoms with van der Waals surface area (Å²) >= 11 is 0. The third-order valence-electron chi connectivity index (χ3n) is 4.67. The van der Waals surface area contributed by atoms with E-state index in [2.05, 4.69) is 5.32 Å². The molecule has 0 saturated carbocycles. The van der Waals surface area contributed by atoms with Crippen molar-refractivity contribution in [1.82, 2.24) is 0 Å². The van der Waals surface area contributed by atoms with Crippen molar-refractivity contribution in [1.29, 1.82) is 0 Å². The Morgan fingerprint density at radius 2 is 1.87 bits per heavy atom. The molecule has 0 aliphatic carbocycles. The minimum Gasteiger partial charge on any atom is -0.493 e. The number of fused-ring (bicyclic) bond motifs is 2. The van der Waals surface area contributed by atoms with E-state index in [4.69, 9.17) is 18.9 Å². The summed E-state index contributed by atoms with van der Waals surface area (Å²) in [6.07, 6.45) is 2.81. The first-order valence-electron chi connectivity index (χ1n) is 9.74. The van der Waals surface area contributed by atoms with Crippen LogP contribution in [0.25, 0.3) is 16.8 Å². The van der Waals surface area contributed by atoms with E-state index in [1.54, 1.807) is 24.3 Å². The second-order valence-corrected chi connectivity index (χ2v) is 6.76. The van der Waals surface area contributed by atoms with Crippen LogP contribution >= 0.6 is 0 Å². The van der Waals surface area contributed by atoms with E-state index < -0.39 is 18.5 Å². The van der Waals surface area contributed by atoms with Crippen LogP contribution in [0.15, 0.2) is 60.7 Å². The lowest BCUT2D eigenvalue weighted by molar-refractivity contribution is -0.142. The van der Waals surface area contributed by atoms with Crippen LogP contribution in [0.2, 0.25) is 0 Å². The molecule has 0 spiro atoms. The molecule has 7 nitrogen and oxygen atoms in total. The average molecular weight is 419 g/mol. The van der Waals surface area contributed by atoms with Crippen LogP contribution in [0.4, 0.5) is 5.69 Å². The Kier molecular flexibility index (Phi) is 6.03. The van der Waals surface area contributed by atoms with Gasteiger partial charge in [0, 0.05) is 17.1 Å². The van der Waals surface area contributed by atoms with Crippen molar-refractivity contribution in [3.8, 4) is 17.2 Å². The Labute approximate surface area is 179 Å². The van der Waals surface area contributed by atoms with Crippen LogP contribution in [0, 0.1) is 0 Å². The molecule has 31 heavy (non-hydrogen) atoms. The average Bonchev–Trinajstić information content (AvgIpc) is 2.81. The first kappa shape index (κ1) is 20.3. The van der Waals surface area contributed by atoms with Crippen molar-refractivity contribution in [2.75, 3.05) is 32.2 Å². The zero-order valence-electron chi connectivity index (χ0n) is 16.9. The molecule has 1 aliphatic heterocycles. The molecule has 0 fully saturated rings. The van der Waals surface area contributed by atoms with E-state index in [0.717, 1.165) is 10.8 Å². The van der Waals surface area contributed by atoms with Gasteiger partial charge in [0.25, 0.3) is 5.91 Å². The summed E-state index contributed by atoms with van der Waals surface area (Å²) in [6, 6.07) is 16.8. The summed E-state index contributed by atoms with van der Waals surface area (Å²) in [5.41, 5.74) is 1.34. The molecule has 1 N–H and O–H groups in total. The van der Waals surface area contributed by atoms with Gasteiger partial charge in [0.2, 0.25) is 5.75 Å². The van der Waals surface area contributed by atoms with Crippen LogP contribution in [-0.2, 0) is 14.3 Å². The molecule has 158 valence electrons. The van der Waals surface area contributed by atoms with E-state index >= 15 is 0 Å². The minimum atomic E-state index is -0.637. The molecular formula is C24H21NO6. The maximum atomic E-state index is 12.2. The van der Waals surface area contributed by atoms with Crippen LogP contribution < -0.4 is 19.5 Å². The number of carbonyl (C=O) groups is 2. The van der Waals surface area contributed by atoms with Gasteiger partial charge in [0.05, 0.1) is 7.11 Å². The van der Waals surface area contributed by atoms with Gasteiger partial charge in [-0.3, -0.25) is 4.79 Å². The highest BCUT2D eigenvalue weighted by Crippen LogP contribution is 2.40. The molecule has 3 aromatic carbocycles. The molecule has 0 bridgehead atoms. The van der Waals surface area contributed by atoms with Crippen LogP contribution in [0.5, 0.6) is 17.2 Å². The Hall–Kier alpha value is -4.00. The van der Waals surface area contributed by atoms with Gasteiger partial charge in [-0.1, -0.05) is 36.4 Å². The van der Waals surface area contributed by atoms with E-state index in [9.17, 15) is 9.59 Å². The first-order chi connectivity index (χ1) is 15.1. The SMILES string of the molecule is COc1cc(/C=C/C(=O)OCC(=O)Nc2cccc3ccccc23)cc2c1OCCO2. The van der Waals surface area contributed by atoms with E-state index in [-0.39, 0.29) is 0 Å². The molecule has 1 aliphatic rings. The van der Waals surface area contributed by atoms with Crippen LogP contribution in [-0.4, -0.2) is 38.8 Å². The van der Waals surface area contributed by atoms with Crippen molar-refractivity contribution in [3.05, 3.63) is 66.2 Å². The van der Waals surface area contributed by atoms with Gasteiger partial charge in [0.15, 0.2) is 18.1 Å². The second-order valence-electron chi connectivity index (χ2n) is 6.76. The molecular weight excluding hydrogens is 398 g/mol. The number of methoxy groups -OCH3 is 1. The summed E-state index contributed by atoms with van der Waals surface area (Å²) in [7, 11) is 1.53. The van der Waals surface area contributed by atoms with Gasteiger partial charge in [0.1, 0.15) is 13.2 Å². The maximum Gasteiger partial charge on any atom is 0.331 e. The third-order valence-corrected chi connectivity index (χ3v) is 4.67. The van der Waals surface area contributed by atoms with Crippen molar-refractivity contribution in [3.63, 3.8) is 0 Å².